The number of nitrogens with zero attached hydrogens (tertiary/aromatic N) is 1. The number of carbonyl (C=O) groups excluding carboxylic acids is 1. The Balaban J connectivity index is 3.81. The molecule has 150 valence electrons. The highest BCUT2D eigenvalue weighted by Gasteiger charge is 2.16. The van der Waals surface area contributed by atoms with Gasteiger partial charge in [0.05, 0.1) is 27.7 Å². The average Bonchev–Trinajstić information content (AvgIpc) is 2.49. The van der Waals surface area contributed by atoms with Gasteiger partial charge in [0.25, 0.3) is 7.82 Å². The molecule has 0 heterocycles. The van der Waals surface area contributed by atoms with E-state index in [9.17, 15) is 19.4 Å². The molecule has 0 rings (SSSR count). The summed E-state index contributed by atoms with van der Waals surface area (Å²) >= 11 is 0. The highest BCUT2D eigenvalue weighted by molar-refractivity contribution is 7.45. The van der Waals surface area contributed by atoms with E-state index in [0.717, 1.165) is 32.1 Å². The van der Waals surface area contributed by atoms with Crippen molar-refractivity contribution in [2.24, 2.45) is 0 Å². The zero-order chi connectivity index (χ0) is 19.3. The van der Waals surface area contributed by atoms with Gasteiger partial charge < -0.3 is 28.3 Å². The van der Waals surface area contributed by atoms with E-state index in [4.69, 9.17) is 9.26 Å². The van der Waals surface area contributed by atoms with Gasteiger partial charge in [-0.1, -0.05) is 32.6 Å². The van der Waals surface area contributed by atoms with Crippen molar-refractivity contribution in [1.82, 2.24) is 0 Å². The van der Waals surface area contributed by atoms with E-state index in [2.05, 4.69) is 11.4 Å². The molecule has 0 amide bonds. The van der Waals surface area contributed by atoms with Gasteiger partial charge >= 0.3 is 5.97 Å². The second-order valence-electron chi connectivity index (χ2n) is 7.09. The summed E-state index contributed by atoms with van der Waals surface area (Å²) in [4.78, 5) is 23.0. The lowest BCUT2D eigenvalue weighted by Crippen LogP contribution is -2.37. The fourth-order valence-corrected chi connectivity index (χ4v) is 2.56. The first kappa shape index (κ1) is 24.5. The summed E-state index contributed by atoms with van der Waals surface area (Å²) in [7, 11) is 1.25. The second kappa shape index (κ2) is 12.8. The van der Waals surface area contributed by atoms with E-state index in [0.29, 0.717) is 17.4 Å². The molecule has 0 spiro atoms. The maximum Gasteiger partial charge on any atom is 0.305 e. The molecular weight excluding hydrogens is 349 g/mol. The minimum Gasteiger partial charge on any atom is -0.756 e. The Morgan fingerprint density at radius 2 is 1.76 bits per heavy atom. The second-order valence-corrected chi connectivity index (χ2v) is 8.50. The lowest BCUT2D eigenvalue weighted by atomic mass is 10.1. The molecule has 0 bridgehead atoms. The van der Waals surface area contributed by atoms with E-state index in [1.807, 2.05) is 21.1 Å². The Kier molecular flexibility index (Phi) is 12.5. The van der Waals surface area contributed by atoms with Crippen LogP contribution >= 0.6 is 7.82 Å². The standard InChI is InChI=1S/C16H34NO7P/c1-5-6-7-8-9-10-16(19)22-13-15(18)14-24-25(20,21)23-12-11-17(2,3)4/h15,18H,5-14H2,1-4H3/t15-/m1/s1. The van der Waals surface area contributed by atoms with Crippen LogP contribution in [0.4, 0.5) is 0 Å². The van der Waals surface area contributed by atoms with Gasteiger partial charge in [0.1, 0.15) is 25.9 Å². The average molecular weight is 383 g/mol. The van der Waals surface area contributed by atoms with Crippen molar-refractivity contribution < 1.29 is 37.6 Å². The molecular formula is C16H34NO7P. The monoisotopic (exact) mass is 383 g/mol. The number of phosphoric ester groups is 1. The van der Waals surface area contributed by atoms with Crippen LogP contribution in [0.2, 0.25) is 0 Å². The number of aliphatic hydroxyl groups is 1. The molecule has 0 radical (unpaired) electrons. The van der Waals surface area contributed by atoms with Gasteiger partial charge in [-0.25, -0.2) is 0 Å². The molecule has 0 aromatic heterocycles. The third-order valence-electron chi connectivity index (χ3n) is 3.36. The van der Waals surface area contributed by atoms with Gasteiger partial charge in [-0.3, -0.25) is 9.36 Å². The molecule has 0 aliphatic heterocycles. The number of ether oxygens (including phenoxy) is 1. The minimum absolute atomic E-state index is 0.00656. The van der Waals surface area contributed by atoms with E-state index in [-0.39, 0.29) is 13.2 Å². The molecule has 2 atom stereocenters. The number of phosphoric acid groups is 1. The number of hydrogen-bond acceptors (Lipinski definition) is 7. The maximum absolute atomic E-state index is 11.5. The number of esters is 1. The molecule has 0 fully saturated rings. The highest BCUT2D eigenvalue weighted by Crippen LogP contribution is 2.38. The van der Waals surface area contributed by atoms with Crippen molar-refractivity contribution in [3.05, 3.63) is 0 Å². The van der Waals surface area contributed by atoms with Gasteiger partial charge in [-0.15, -0.1) is 0 Å². The van der Waals surface area contributed by atoms with Crippen LogP contribution < -0.4 is 4.89 Å². The van der Waals surface area contributed by atoms with Gasteiger partial charge in [-0.05, 0) is 6.42 Å². The normalized spacial score (nSPS) is 15.6. The van der Waals surface area contributed by atoms with Gasteiger partial charge in [0, 0.05) is 6.42 Å². The van der Waals surface area contributed by atoms with E-state index < -0.39 is 26.5 Å². The quantitative estimate of drug-likeness (QED) is 0.197. The number of rotatable bonds is 15. The molecule has 25 heavy (non-hydrogen) atoms. The molecule has 1 unspecified atom stereocenters. The van der Waals surface area contributed by atoms with Crippen LogP contribution in [0.5, 0.6) is 0 Å². The predicted octanol–water partition coefficient (Wildman–Crippen LogP) is 1.46. The largest absolute Gasteiger partial charge is 0.756 e. The van der Waals surface area contributed by atoms with E-state index in [1.54, 1.807) is 0 Å². The van der Waals surface area contributed by atoms with Crippen molar-refractivity contribution in [2.75, 3.05) is 47.5 Å². The Morgan fingerprint density at radius 1 is 1.12 bits per heavy atom. The molecule has 0 aromatic rings. The maximum atomic E-state index is 11.5. The summed E-state index contributed by atoms with van der Waals surface area (Å²) in [5.41, 5.74) is 0. The highest BCUT2D eigenvalue weighted by atomic mass is 31.2. The Bertz CT molecular complexity index is 412. The van der Waals surface area contributed by atoms with Crippen molar-refractivity contribution in [1.29, 1.82) is 0 Å². The van der Waals surface area contributed by atoms with Crippen molar-refractivity contribution in [2.45, 2.75) is 51.6 Å². The van der Waals surface area contributed by atoms with Crippen molar-refractivity contribution >= 4 is 13.8 Å². The fourth-order valence-electron chi connectivity index (χ4n) is 1.82. The number of quaternary nitrogens is 1. The molecule has 0 aromatic carbocycles. The smallest absolute Gasteiger partial charge is 0.305 e. The number of hydrogen-bond donors (Lipinski definition) is 1. The SMILES string of the molecule is CCCCCCCC(=O)OC[C@@H](O)COP(=O)([O-])OCC[N+](C)(C)C. The van der Waals surface area contributed by atoms with E-state index >= 15 is 0 Å². The lowest BCUT2D eigenvalue weighted by Gasteiger charge is -2.27. The zero-order valence-corrected chi connectivity index (χ0v) is 16.8. The van der Waals surface area contributed by atoms with Crippen LogP contribution in [0.25, 0.3) is 0 Å². The first-order chi connectivity index (χ1) is 11.6. The third-order valence-corrected chi connectivity index (χ3v) is 4.32. The minimum atomic E-state index is -4.47. The van der Waals surface area contributed by atoms with Crippen LogP contribution in [0.15, 0.2) is 0 Å². The van der Waals surface area contributed by atoms with Crippen LogP contribution in [-0.4, -0.2) is 69.2 Å². The fraction of sp³-hybridized carbons (Fsp3) is 0.938. The zero-order valence-electron chi connectivity index (χ0n) is 15.9. The summed E-state index contributed by atoms with van der Waals surface area (Å²) in [6.07, 6.45) is 4.18. The summed E-state index contributed by atoms with van der Waals surface area (Å²) in [5.74, 6) is -0.403. The lowest BCUT2D eigenvalue weighted by molar-refractivity contribution is -0.870. The number of carbonyl (C=O) groups is 1. The summed E-state index contributed by atoms with van der Waals surface area (Å²) in [6.45, 7) is 1.80. The predicted molar refractivity (Wildman–Crippen MR) is 92.8 cm³/mol. The summed E-state index contributed by atoms with van der Waals surface area (Å²) in [5, 5.41) is 9.64. The third kappa shape index (κ3) is 16.7. The van der Waals surface area contributed by atoms with Crippen molar-refractivity contribution in [3.8, 4) is 0 Å². The molecule has 0 aliphatic rings. The topological polar surface area (TPSA) is 105 Å². The van der Waals surface area contributed by atoms with E-state index in [1.165, 1.54) is 0 Å². The van der Waals surface area contributed by atoms with Crippen LogP contribution in [0.3, 0.4) is 0 Å². The van der Waals surface area contributed by atoms with Gasteiger partial charge in [0.15, 0.2) is 0 Å². The number of unbranched alkanes of at least 4 members (excludes halogenated alkanes) is 4. The number of aliphatic hydroxyl groups excluding tert-OH is 1. The van der Waals surface area contributed by atoms with Crippen LogP contribution in [-0.2, 0) is 23.1 Å². The molecule has 9 heteroatoms. The van der Waals surface area contributed by atoms with Gasteiger partial charge in [-0.2, -0.15) is 0 Å². The molecule has 0 saturated heterocycles. The Morgan fingerprint density at radius 3 is 2.36 bits per heavy atom. The van der Waals surface area contributed by atoms with Crippen LogP contribution in [0.1, 0.15) is 45.4 Å². The molecule has 1 N–H and O–H groups in total. The molecule has 0 aliphatic carbocycles. The van der Waals surface area contributed by atoms with Crippen molar-refractivity contribution in [3.63, 3.8) is 0 Å². The molecule has 8 nitrogen and oxygen atoms in total. The number of likely N-dealkylation sites (N-methyl/N-ethyl adjacent to an activating group) is 1. The first-order valence-corrected chi connectivity index (χ1v) is 10.3. The van der Waals surface area contributed by atoms with Crippen LogP contribution in [0, 0.1) is 0 Å². The summed E-state index contributed by atoms with van der Waals surface area (Å²) in [6, 6.07) is 0. The Hall–Kier alpha value is -0.500. The van der Waals surface area contributed by atoms with Gasteiger partial charge in [0.2, 0.25) is 0 Å². The summed E-state index contributed by atoms with van der Waals surface area (Å²) < 4.78 is 26.3. The molecule has 0 saturated carbocycles. The first-order valence-electron chi connectivity index (χ1n) is 8.80. The Labute approximate surface area is 151 Å².